The molecule has 0 aromatic heterocycles. The van der Waals surface area contributed by atoms with Crippen LogP contribution in [0.5, 0.6) is 0 Å². The van der Waals surface area contributed by atoms with Crippen molar-refractivity contribution >= 4 is 11.9 Å². The molecule has 0 bridgehead atoms. The number of esters is 2. The number of allylic oxidation sites excluding steroid dienone is 4. The van der Waals surface area contributed by atoms with E-state index in [0.717, 1.165) is 38.2 Å². The average Bonchev–Trinajstić information content (AvgIpc) is 2.89. The molecule has 0 saturated carbocycles. The number of rotatable bonds is 16. The zero-order valence-corrected chi connectivity index (χ0v) is 22.4. The van der Waals surface area contributed by atoms with Gasteiger partial charge in [-0.25, -0.2) is 9.59 Å². The molecule has 6 nitrogen and oxygen atoms in total. The van der Waals surface area contributed by atoms with Crippen LogP contribution in [0, 0.1) is 11.8 Å². The molecule has 0 amide bonds. The summed E-state index contributed by atoms with van der Waals surface area (Å²) >= 11 is 0. The molecule has 202 valence electrons. The van der Waals surface area contributed by atoms with Crippen LogP contribution >= 0.6 is 0 Å². The maximum atomic E-state index is 11.9. The summed E-state index contributed by atoms with van der Waals surface area (Å²) in [6, 6.07) is 0. The first-order valence-corrected chi connectivity index (χ1v) is 13.6. The lowest BCUT2D eigenvalue weighted by Crippen LogP contribution is -2.26. The highest BCUT2D eigenvalue weighted by atomic mass is 16.5. The van der Waals surface area contributed by atoms with Gasteiger partial charge >= 0.3 is 11.9 Å². The molecule has 3 atom stereocenters. The highest BCUT2D eigenvalue weighted by Gasteiger charge is 2.22. The van der Waals surface area contributed by atoms with Gasteiger partial charge in [-0.1, -0.05) is 62.6 Å². The third kappa shape index (κ3) is 11.3. The summed E-state index contributed by atoms with van der Waals surface area (Å²) in [6.45, 7) is 11.7. The molecule has 1 N–H and O–H groups in total. The second-order valence-electron chi connectivity index (χ2n) is 10.4. The molecule has 1 aliphatic heterocycles. The second-order valence-corrected chi connectivity index (χ2v) is 10.4. The maximum absolute atomic E-state index is 11.9. The highest BCUT2D eigenvalue weighted by Crippen LogP contribution is 2.30. The predicted molar refractivity (Wildman–Crippen MR) is 142 cm³/mol. The van der Waals surface area contributed by atoms with Crippen LogP contribution in [0.25, 0.3) is 0 Å². The van der Waals surface area contributed by atoms with Crippen molar-refractivity contribution < 1.29 is 28.9 Å². The van der Waals surface area contributed by atoms with Gasteiger partial charge in [-0.3, -0.25) is 0 Å². The maximum Gasteiger partial charge on any atom is 0.335 e. The van der Waals surface area contributed by atoms with Crippen molar-refractivity contribution in [2.24, 2.45) is 11.8 Å². The summed E-state index contributed by atoms with van der Waals surface area (Å²) < 4.78 is 16.8. The predicted octanol–water partition coefficient (Wildman–Crippen LogP) is 6.01. The molecule has 0 aromatic carbocycles. The number of ether oxygens (including phenoxy) is 3. The van der Waals surface area contributed by atoms with Gasteiger partial charge in [0.05, 0.1) is 31.5 Å². The molecule has 0 spiro atoms. The fourth-order valence-electron chi connectivity index (χ4n) is 4.66. The largest absolute Gasteiger partial charge is 0.462 e. The zero-order valence-electron chi connectivity index (χ0n) is 22.4. The Bertz CT molecular complexity index is 800. The van der Waals surface area contributed by atoms with Crippen LogP contribution in [0.3, 0.4) is 0 Å². The number of hydrogen-bond donors (Lipinski definition) is 1. The van der Waals surface area contributed by atoms with Crippen LogP contribution in [-0.4, -0.2) is 49.6 Å². The minimum Gasteiger partial charge on any atom is -0.462 e. The van der Waals surface area contributed by atoms with Crippen LogP contribution < -0.4 is 0 Å². The highest BCUT2D eigenvalue weighted by molar-refractivity contribution is 5.88. The van der Waals surface area contributed by atoms with E-state index < -0.39 is 18.5 Å². The van der Waals surface area contributed by atoms with Crippen molar-refractivity contribution in [3.05, 3.63) is 47.6 Å². The van der Waals surface area contributed by atoms with Gasteiger partial charge in [0.25, 0.3) is 0 Å². The van der Waals surface area contributed by atoms with E-state index in [-0.39, 0.29) is 24.7 Å². The van der Waals surface area contributed by atoms with E-state index in [2.05, 4.69) is 32.2 Å². The Kier molecular flexibility index (Phi) is 13.8. The molecule has 1 heterocycles. The minimum absolute atomic E-state index is 0.00565. The monoisotopic (exact) mass is 502 g/mol. The first kappa shape index (κ1) is 30.0. The fourth-order valence-corrected chi connectivity index (χ4v) is 4.66. The molecule has 1 saturated heterocycles. The Morgan fingerprint density at radius 3 is 2.33 bits per heavy atom. The molecule has 0 radical (unpaired) electrons. The summed E-state index contributed by atoms with van der Waals surface area (Å²) in [5.41, 5.74) is 3.03. The summed E-state index contributed by atoms with van der Waals surface area (Å²) in [5, 5.41) is 9.07. The quantitative estimate of drug-likeness (QED) is 0.158. The number of aliphatic hydroxyl groups excluding tert-OH is 1. The van der Waals surface area contributed by atoms with E-state index in [0.29, 0.717) is 18.1 Å². The lowest BCUT2D eigenvalue weighted by Gasteiger charge is -2.29. The standard InChI is InChI=1S/C30H46O6/c1-5-6-7-8-26-14-16-28(34-19-26)15-13-24-9-11-25(12-10-24)17-27(20-35-29(32)22(2)3)21-36-30(33)23(4)18-31/h9,11,26-28,31H,2,4-8,10,12-21H2,1,3H3. The van der Waals surface area contributed by atoms with Crippen molar-refractivity contribution in [2.75, 3.05) is 26.4 Å². The van der Waals surface area contributed by atoms with E-state index in [9.17, 15) is 9.59 Å². The molecule has 36 heavy (non-hydrogen) atoms. The van der Waals surface area contributed by atoms with Crippen molar-refractivity contribution in [2.45, 2.75) is 90.6 Å². The molecule has 1 fully saturated rings. The molecule has 0 aromatic rings. The van der Waals surface area contributed by atoms with Gasteiger partial charge in [0.15, 0.2) is 0 Å². The van der Waals surface area contributed by atoms with E-state index >= 15 is 0 Å². The van der Waals surface area contributed by atoms with Crippen molar-refractivity contribution in [1.29, 1.82) is 0 Å². The Morgan fingerprint density at radius 1 is 1.06 bits per heavy atom. The Balaban J connectivity index is 1.80. The molecule has 2 rings (SSSR count). The molecule has 2 aliphatic rings. The lowest BCUT2D eigenvalue weighted by molar-refractivity contribution is -0.144. The van der Waals surface area contributed by atoms with Crippen molar-refractivity contribution in [3.63, 3.8) is 0 Å². The van der Waals surface area contributed by atoms with Gasteiger partial charge in [-0.05, 0) is 64.2 Å². The summed E-state index contributed by atoms with van der Waals surface area (Å²) in [5.74, 6) is -0.518. The fraction of sp³-hybridized carbons (Fsp3) is 0.667. The Morgan fingerprint density at radius 2 is 1.75 bits per heavy atom. The molecule has 6 heteroatoms. The molecular formula is C30H46O6. The summed E-state index contributed by atoms with van der Waals surface area (Å²) in [4.78, 5) is 23.7. The van der Waals surface area contributed by atoms with Crippen LogP contribution in [0.1, 0.15) is 84.5 Å². The van der Waals surface area contributed by atoms with E-state index in [4.69, 9.17) is 19.3 Å². The van der Waals surface area contributed by atoms with Crippen molar-refractivity contribution in [1.82, 2.24) is 0 Å². The number of aliphatic hydroxyl groups is 1. The Hall–Kier alpha value is -2.18. The van der Waals surface area contributed by atoms with Gasteiger partial charge in [0, 0.05) is 18.1 Å². The lowest BCUT2D eigenvalue weighted by atomic mass is 9.88. The van der Waals surface area contributed by atoms with Gasteiger partial charge < -0.3 is 19.3 Å². The third-order valence-corrected chi connectivity index (χ3v) is 7.07. The average molecular weight is 503 g/mol. The third-order valence-electron chi connectivity index (χ3n) is 7.07. The normalized spacial score (nSPS) is 20.6. The van der Waals surface area contributed by atoms with Gasteiger partial charge in [0.2, 0.25) is 0 Å². The van der Waals surface area contributed by atoms with E-state index in [1.54, 1.807) is 6.92 Å². The number of carbonyl (C=O) groups is 2. The van der Waals surface area contributed by atoms with Gasteiger partial charge in [-0.2, -0.15) is 0 Å². The smallest absolute Gasteiger partial charge is 0.335 e. The number of unbranched alkanes of at least 4 members (excludes halogenated alkanes) is 2. The first-order chi connectivity index (χ1) is 17.3. The topological polar surface area (TPSA) is 82.1 Å². The van der Waals surface area contributed by atoms with Gasteiger partial charge in [-0.15, -0.1) is 0 Å². The summed E-state index contributed by atoms with van der Waals surface area (Å²) in [7, 11) is 0. The van der Waals surface area contributed by atoms with E-state index in [1.807, 2.05) is 0 Å². The number of hydrogen-bond acceptors (Lipinski definition) is 6. The van der Waals surface area contributed by atoms with Crippen LogP contribution in [0.15, 0.2) is 47.6 Å². The Labute approximate surface area is 217 Å². The zero-order chi connectivity index (χ0) is 26.3. The first-order valence-electron chi connectivity index (χ1n) is 13.6. The molecular weight excluding hydrogens is 456 g/mol. The summed E-state index contributed by atoms with van der Waals surface area (Å²) in [6.07, 6.45) is 17.2. The second kappa shape index (κ2) is 16.5. The van der Waals surface area contributed by atoms with Gasteiger partial charge in [0.1, 0.15) is 0 Å². The van der Waals surface area contributed by atoms with Crippen LogP contribution in [0.4, 0.5) is 0 Å². The number of carbonyl (C=O) groups excluding carboxylic acids is 2. The SMILES string of the molecule is C=C(C)C(=O)OCC(COC(=O)C(=C)CO)CC1=CC=C(CCC2CCC(CCCCC)CO2)CC1. The van der Waals surface area contributed by atoms with Crippen molar-refractivity contribution in [3.8, 4) is 0 Å². The molecule has 1 aliphatic carbocycles. The minimum atomic E-state index is -0.634. The van der Waals surface area contributed by atoms with E-state index in [1.165, 1.54) is 49.7 Å². The molecule has 3 unspecified atom stereocenters. The van der Waals surface area contributed by atoms with Crippen LogP contribution in [0.2, 0.25) is 0 Å². The van der Waals surface area contributed by atoms with Crippen LogP contribution in [-0.2, 0) is 23.8 Å².